The van der Waals surface area contributed by atoms with E-state index in [-0.39, 0.29) is 17.8 Å². The van der Waals surface area contributed by atoms with Crippen LogP contribution in [-0.2, 0) is 20.8 Å². The summed E-state index contributed by atoms with van der Waals surface area (Å²) >= 11 is 0. The van der Waals surface area contributed by atoms with Gasteiger partial charge in [0, 0.05) is 11.3 Å². The number of carboxylic acid groups (broad SMARTS) is 1. The predicted octanol–water partition coefficient (Wildman–Crippen LogP) is 3.96. The van der Waals surface area contributed by atoms with Gasteiger partial charge in [0.1, 0.15) is 5.76 Å². The fraction of sp³-hybridized carbons (Fsp3) is 0.148. The Hall–Kier alpha value is -4.59. The lowest BCUT2D eigenvalue weighted by Gasteiger charge is -2.25. The van der Waals surface area contributed by atoms with E-state index >= 15 is 0 Å². The van der Waals surface area contributed by atoms with Gasteiger partial charge in [-0.2, -0.15) is 0 Å². The van der Waals surface area contributed by atoms with Crippen molar-refractivity contribution in [1.82, 2.24) is 0 Å². The number of carbonyl (C=O) groups is 3. The van der Waals surface area contributed by atoms with Gasteiger partial charge < -0.3 is 19.7 Å². The number of hydrogen-bond acceptors (Lipinski definition) is 6. The molecule has 0 aromatic heterocycles. The molecule has 1 heterocycles. The molecule has 0 spiro atoms. The minimum Gasteiger partial charge on any atom is -0.507 e. The lowest BCUT2D eigenvalue weighted by atomic mass is 9.95. The number of methoxy groups -OCH3 is 2. The molecule has 0 saturated carbocycles. The number of benzene rings is 3. The van der Waals surface area contributed by atoms with Gasteiger partial charge in [0.2, 0.25) is 0 Å². The molecule has 178 valence electrons. The maximum atomic E-state index is 13.2. The second kappa shape index (κ2) is 9.72. The second-order valence-electron chi connectivity index (χ2n) is 7.89. The number of anilines is 1. The largest absolute Gasteiger partial charge is 0.507 e. The number of amides is 1. The number of hydrogen-bond donors (Lipinski definition) is 2. The Morgan fingerprint density at radius 2 is 1.54 bits per heavy atom. The fourth-order valence-electron chi connectivity index (χ4n) is 4.14. The zero-order chi connectivity index (χ0) is 25.1. The van der Waals surface area contributed by atoms with Gasteiger partial charge in [-0.1, -0.05) is 42.5 Å². The SMILES string of the molecule is COc1ccc(/C(O)=C2/C(=O)C(=O)N(c3ccc(CC(=O)O)cc3)C2c2ccccc2)cc1OC. The Balaban J connectivity index is 1.87. The Kier molecular flexibility index (Phi) is 6.55. The quantitative estimate of drug-likeness (QED) is 0.303. The highest BCUT2D eigenvalue weighted by Gasteiger charge is 2.47. The molecule has 8 heteroatoms. The average molecular weight is 473 g/mol. The molecule has 0 radical (unpaired) electrons. The van der Waals surface area contributed by atoms with Crippen LogP contribution in [0.3, 0.4) is 0 Å². The smallest absolute Gasteiger partial charge is 0.307 e. The van der Waals surface area contributed by atoms with E-state index in [9.17, 15) is 19.5 Å². The minimum atomic E-state index is -0.975. The van der Waals surface area contributed by atoms with E-state index in [2.05, 4.69) is 0 Å². The maximum Gasteiger partial charge on any atom is 0.307 e. The van der Waals surface area contributed by atoms with Crippen LogP contribution in [0.25, 0.3) is 5.76 Å². The van der Waals surface area contributed by atoms with Crippen molar-refractivity contribution in [1.29, 1.82) is 0 Å². The molecule has 1 amide bonds. The van der Waals surface area contributed by atoms with Crippen LogP contribution >= 0.6 is 0 Å². The van der Waals surface area contributed by atoms with Crippen molar-refractivity contribution in [2.24, 2.45) is 0 Å². The van der Waals surface area contributed by atoms with Crippen molar-refractivity contribution in [3.05, 3.63) is 95.1 Å². The van der Waals surface area contributed by atoms with Crippen LogP contribution in [0.1, 0.15) is 22.7 Å². The van der Waals surface area contributed by atoms with Gasteiger partial charge in [0.05, 0.1) is 32.3 Å². The highest BCUT2D eigenvalue weighted by Crippen LogP contribution is 2.43. The van der Waals surface area contributed by atoms with Crippen molar-refractivity contribution in [3.8, 4) is 11.5 Å². The molecule has 4 rings (SSSR count). The first kappa shape index (κ1) is 23.6. The summed E-state index contributed by atoms with van der Waals surface area (Å²) in [5.41, 5.74) is 1.81. The van der Waals surface area contributed by atoms with Crippen LogP contribution in [0.2, 0.25) is 0 Å². The number of rotatable bonds is 7. The molecule has 3 aromatic carbocycles. The van der Waals surface area contributed by atoms with Crippen molar-refractivity contribution in [2.75, 3.05) is 19.1 Å². The molecule has 1 fully saturated rings. The van der Waals surface area contributed by atoms with E-state index in [1.165, 1.54) is 25.2 Å². The Morgan fingerprint density at radius 1 is 0.886 bits per heavy atom. The average Bonchev–Trinajstić information content (AvgIpc) is 3.14. The molecule has 0 bridgehead atoms. The third-order valence-corrected chi connectivity index (χ3v) is 5.79. The van der Waals surface area contributed by atoms with Gasteiger partial charge in [0.25, 0.3) is 11.7 Å². The van der Waals surface area contributed by atoms with Crippen LogP contribution in [0.4, 0.5) is 5.69 Å². The van der Waals surface area contributed by atoms with Gasteiger partial charge in [-0.05, 0) is 41.5 Å². The van der Waals surface area contributed by atoms with Crippen LogP contribution in [0, 0.1) is 0 Å². The summed E-state index contributed by atoms with van der Waals surface area (Å²) in [6.07, 6.45) is -0.166. The van der Waals surface area contributed by atoms with Crippen molar-refractivity contribution >= 4 is 29.1 Å². The third kappa shape index (κ3) is 4.46. The zero-order valence-electron chi connectivity index (χ0n) is 19.1. The zero-order valence-corrected chi connectivity index (χ0v) is 19.1. The van der Waals surface area contributed by atoms with E-state index in [0.717, 1.165) is 0 Å². The van der Waals surface area contributed by atoms with Gasteiger partial charge in [-0.25, -0.2) is 0 Å². The topological polar surface area (TPSA) is 113 Å². The first-order chi connectivity index (χ1) is 16.8. The van der Waals surface area contributed by atoms with Gasteiger partial charge >= 0.3 is 5.97 Å². The number of carbonyl (C=O) groups excluding carboxylic acids is 2. The number of aliphatic carboxylic acids is 1. The van der Waals surface area contributed by atoms with Gasteiger partial charge in [-0.3, -0.25) is 19.3 Å². The second-order valence-corrected chi connectivity index (χ2v) is 7.89. The van der Waals surface area contributed by atoms with E-state index in [0.29, 0.717) is 33.9 Å². The Bertz CT molecular complexity index is 1310. The molecule has 2 N–H and O–H groups in total. The molecule has 8 nitrogen and oxygen atoms in total. The van der Waals surface area contributed by atoms with E-state index < -0.39 is 23.7 Å². The van der Waals surface area contributed by atoms with Crippen LogP contribution in [0.5, 0.6) is 11.5 Å². The third-order valence-electron chi connectivity index (χ3n) is 5.79. The normalized spacial score (nSPS) is 16.9. The molecule has 3 aromatic rings. The lowest BCUT2D eigenvalue weighted by molar-refractivity contribution is -0.136. The number of nitrogens with zero attached hydrogens (tertiary/aromatic N) is 1. The number of aliphatic hydroxyl groups is 1. The monoisotopic (exact) mass is 473 g/mol. The predicted molar refractivity (Wildman–Crippen MR) is 129 cm³/mol. The van der Waals surface area contributed by atoms with E-state index in [1.807, 2.05) is 6.07 Å². The maximum absolute atomic E-state index is 13.2. The summed E-state index contributed by atoms with van der Waals surface area (Å²) in [7, 11) is 2.94. The summed E-state index contributed by atoms with van der Waals surface area (Å²) in [6, 6.07) is 19.1. The van der Waals surface area contributed by atoms with Crippen molar-refractivity contribution in [2.45, 2.75) is 12.5 Å². The summed E-state index contributed by atoms with van der Waals surface area (Å²) in [5.74, 6) is -2.14. The van der Waals surface area contributed by atoms with Crippen molar-refractivity contribution < 1.29 is 34.1 Å². The van der Waals surface area contributed by atoms with Crippen LogP contribution < -0.4 is 14.4 Å². The molecule has 35 heavy (non-hydrogen) atoms. The molecular weight excluding hydrogens is 450 g/mol. The summed E-state index contributed by atoms with van der Waals surface area (Å²) < 4.78 is 10.6. The van der Waals surface area contributed by atoms with Crippen LogP contribution in [-0.4, -0.2) is 42.1 Å². The Morgan fingerprint density at radius 3 is 2.14 bits per heavy atom. The van der Waals surface area contributed by atoms with Gasteiger partial charge in [0.15, 0.2) is 11.5 Å². The summed E-state index contributed by atoms with van der Waals surface area (Å²) in [4.78, 5) is 38.8. The highest BCUT2D eigenvalue weighted by atomic mass is 16.5. The first-order valence-corrected chi connectivity index (χ1v) is 10.7. The molecule has 1 saturated heterocycles. The van der Waals surface area contributed by atoms with Crippen molar-refractivity contribution in [3.63, 3.8) is 0 Å². The molecule has 1 aliphatic rings. The molecule has 1 aliphatic heterocycles. The van der Waals surface area contributed by atoms with E-state index in [1.54, 1.807) is 60.7 Å². The van der Waals surface area contributed by atoms with Gasteiger partial charge in [-0.15, -0.1) is 0 Å². The van der Waals surface area contributed by atoms with E-state index in [4.69, 9.17) is 14.6 Å². The first-order valence-electron chi connectivity index (χ1n) is 10.7. The van der Waals surface area contributed by atoms with Crippen LogP contribution in [0.15, 0.2) is 78.4 Å². The Labute approximate surface area is 201 Å². The molecule has 1 atom stereocenters. The molecule has 1 unspecified atom stereocenters. The standard InChI is InChI=1S/C27H23NO7/c1-34-20-13-10-18(15-21(20)35-2)25(31)23-24(17-6-4-3-5-7-17)28(27(33)26(23)32)19-11-8-16(9-12-19)14-22(29)30/h3-13,15,24,31H,14H2,1-2H3,(H,29,30)/b25-23-. The fourth-order valence-corrected chi connectivity index (χ4v) is 4.14. The number of ketones is 1. The number of aliphatic hydroxyl groups excluding tert-OH is 1. The minimum absolute atomic E-state index is 0.0666. The lowest BCUT2D eigenvalue weighted by Crippen LogP contribution is -2.29. The molecular formula is C27H23NO7. The number of carboxylic acids is 1. The highest BCUT2D eigenvalue weighted by molar-refractivity contribution is 6.51. The summed E-state index contributed by atoms with van der Waals surface area (Å²) in [6.45, 7) is 0. The summed E-state index contributed by atoms with van der Waals surface area (Å²) in [5, 5.41) is 20.3. The number of Topliss-reactive ketones (excluding diaryl/α,β-unsaturated/α-hetero) is 1. The number of ether oxygens (including phenoxy) is 2. The molecule has 0 aliphatic carbocycles.